The summed E-state index contributed by atoms with van der Waals surface area (Å²) in [4.78, 5) is 0. The lowest BCUT2D eigenvalue weighted by Gasteiger charge is -2.32. The molecule has 5 unspecified atom stereocenters. The molecule has 3 rings (SSSR count). The fourth-order valence-corrected chi connectivity index (χ4v) is 4.71. The lowest BCUT2D eigenvalue weighted by Crippen LogP contribution is -2.39. The number of hydrogen-bond donors (Lipinski definition) is 1. The van der Waals surface area contributed by atoms with Crippen molar-refractivity contribution in [1.29, 1.82) is 0 Å². The van der Waals surface area contributed by atoms with Crippen LogP contribution >= 0.6 is 15.9 Å². The van der Waals surface area contributed by atoms with Crippen molar-refractivity contribution >= 4 is 15.9 Å². The van der Waals surface area contributed by atoms with Crippen LogP contribution in [-0.2, 0) is 0 Å². The number of halogens is 1. The Labute approximate surface area is 101 Å². The Morgan fingerprint density at radius 1 is 1.20 bits per heavy atom. The van der Waals surface area contributed by atoms with E-state index in [1.165, 1.54) is 32.1 Å². The molecule has 0 amide bonds. The molecule has 0 heterocycles. The second kappa shape index (κ2) is 3.89. The molecular formula is C13H20BrN. The van der Waals surface area contributed by atoms with Crippen molar-refractivity contribution in [3.8, 4) is 0 Å². The normalized spacial score (nSPS) is 47.1. The van der Waals surface area contributed by atoms with Crippen LogP contribution < -0.4 is 5.32 Å². The predicted octanol–water partition coefficient (Wildman–Crippen LogP) is 3.31. The van der Waals surface area contributed by atoms with Gasteiger partial charge in [0.15, 0.2) is 0 Å². The monoisotopic (exact) mass is 269 g/mol. The Bertz CT molecular complexity index is 276. The third-order valence-electron chi connectivity index (χ3n) is 4.98. The molecule has 0 spiro atoms. The number of rotatable bonds is 3. The van der Waals surface area contributed by atoms with Gasteiger partial charge in [-0.2, -0.15) is 0 Å². The van der Waals surface area contributed by atoms with E-state index in [1.54, 1.807) is 0 Å². The highest BCUT2D eigenvalue weighted by Crippen LogP contribution is 2.58. The first-order valence-electron chi connectivity index (χ1n) is 6.32. The van der Waals surface area contributed by atoms with Gasteiger partial charge in [0.2, 0.25) is 0 Å². The van der Waals surface area contributed by atoms with E-state index in [4.69, 9.17) is 0 Å². The molecule has 15 heavy (non-hydrogen) atoms. The smallest absolute Gasteiger partial charge is 0.0268 e. The van der Waals surface area contributed by atoms with Gasteiger partial charge in [-0.3, -0.25) is 0 Å². The van der Waals surface area contributed by atoms with Crippen molar-refractivity contribution < 1.29 is 0 Å². The summed E-state index contributed by atoms with van der Waals surface area (Å²) in [5.41, 5.74) is 0. The van der Waals surface area contributed by atoms with Crippen molar-refractivity contribution in [1.82, 2.24) is 5.32 Å². The van der Waals surface area contributed by atoms with Crippen LogP contribution in [0.25, 0.3) is 0 Å². The van der Waals surface area contributed by atoms with Gasteiger partial charge < -0.3 is 5.32 Å². The summed E-state index contributed by atoms with van der Waals surface area (Å²) >= 11 is 3.43. The van der Waals surface area contributed by atoms with E-state index >= 15 is 0 Å². The second-order valence-electron chi connectivity index (χ2n) is 5.66. The topological polar surface area (TPSA) is 12.0 Å². The van der Waals surface area contributed by atoms with Gasteiger partial charge in [-0.15, -0.1) is 0 Å². The van der Waals surface area contributed by atoms with Crippen molar-refractivity contribution in [2.24, 2.45) is 23.7 Å². The number of hydrogen-bond acceptors (Lipinski definition) is 1. The average Bonchev–Trinajstić information content (AvgIpc) is 2.86. The molecule has 0 saturated heterocycles. The summed E-state index contributed by atoms with van der Waals surface area (Å²) in [7, 11) is 0. The van der Waals surface area contributed by atoms with Gasteiger partial charge >= 0.3 is 0 Å². The maximum Gasteiger partial charge on any atom is 0.0268 e. The molecule has 0 aliphatic heterocycles. The molecule has 3 aliphatic carbocycles. The van der Waals surface area contributed by atoms with E-state index in [1.807, 2.05) is 0 Å². The molecule has 84 valence electrons. The third-order valence-corrected chi connectivity index (χ3v) is 5.27. The molecule has 5 atom stereocenters. The summed E-state index contributed by atoms with van der Waals surface area (Å²) < 4.78 is 1.09. The van der Waals surface area contributed by atoms with E-state index in [0.717, 1.165) is 40.7 Å². The Hall–Kier alpha value is 0.180. The van der Waals surface area contributed by atoms with Crippen LogP contribution in [0.3, 0.4) is 0 Å². The van der Waals surface area contributed by atoms with Crippen molar-refractivity contribution in [2.75, 3.05) is 6.54 Å². The van der Waals surface area contributed by atoms with Gasteiger partial charge in [0, 0.05) is 17.1 Å². The minimum absolute atomic E-state index is 0.795. The maximum atomic E-state index is 3.90. The largest absolute Gasteiger partial charge is 0.309 e. The van der Waals surface area contributed by atoms with Gasteiger partial charge in [0.1, 0.15) is 0 Å². The van der Waals surface area contributed by atoms with Crippen molar-refractivity contribution in [2.45, 2.75) is 38.1 Å². The van der Waals surface area contributed by atoms with E-state index < -0.39 is 0 Å². The van der Waals surface area contributed by atoms with Crippen LogP contribution in [0, 0.1) is 23.7 Å². The molecule has 0 radical (unpaired) electrons. The van der Waals surface area contributed by atoms with E-state index in [0.29, 0.717) is 0 Å². The molecule has 1 N–H and O–H groups in total. The highest BCUT2D eigenvalue weighted by molar-refractivity contribution is 9.11. The lowest BCUT2D eigenvalue weighted by molar-refractivity contribution is 0.212. The van der Waals surface area contributed by atoms with Crippen LogP contribution in [0.15, 0.2) is 11.1 Å². The van der Waals surface area contributed by atoms with Crippen molar-refractivity contribution in [3.05, 3.63) is 11.1 Å². The molecule has 2 bridgehead atoms. The summed E-state index contributed by atoms with van der Waals surface area (Å²) in [6.45, 7) is 4.85. The van der Waals surface area contributed by atoms with E-state index in [-0.39, 0.29) is 0 Å². The van der Waals surface area contributed by atoms with Crippen LogP contribution in [0.1, 0.15) is 32.1 Å². The molecule has 2 heteroatoms. The minimum atomic E-state index is 0.795. The molecule has 0 aromatic heterocycles. The fourth-order valence-electron chi connectivity index (χ4n) is 4.54. The van der Waals surface area contributed by atoms with Crippen LogP contribution in [0.4, 0.5) is 0 Å². The van der Waals surface area contributed by atoms with Crippen LogP contribution in [0.5, 0.6) is 0 Å². The van der Waals surface area contributed by atoms with Gasteiger partial charge in [0.05, 0.1) is 0 Å². The highest BCUT2D eigenvalue weighted by Gasteiger charge is 2.53. The van der Waals surface area contributed by atoms with Crippen LogP contribution in [0.2, 0.25) is 0 Å². The zero-order chi connectivity index (χ0) is 10.4. The van der Waals surface area contributed by atoms with Gasteiger partial charge in [-0.25, -0.2) is 0 Å². The minimum Gasteiger partial charge on any atom is -0.309 e. The van der Waals surface area contributed by atoms with E-state index in [9.17, 15) is 0 Å². The number of fused-ring (bicyclic) bond motifs is 5. The first-order chi connectivity index (χ1) is 7.25. The summed E-state index contributed by atoms with van der Waals surface area (Å²) in [5.74, 6) is 4.24. The first-order valence-corrected chi connectivity index (χ1v) is 7.11. The molecular weight excluding hydrogens is 250 g/mol. The molecule has 0 aromatic carbocycles. The highest BCUT2D eigenvalue weighted by atomic mass is 79.9. The van der Waals surface area contributed by atoms with Gasteiger partial charge in [-0.05, 0) is 49.4 Å². The molecule has 3 fully saturated rings. The zero-order valence-corrected chi connectivity index (χ0v) is 10.8. The first kappa shape index (κ1) is 10.3. The van der Waals surface area contributed by atoms with Crippen LogP contribution in [-0.4, -0.2) is 12.6 Å². The molecule has 1 nitrogen and oxygen atoms in total. The second-order valence-corrected chi connectivity index (χ2v) is 6.78. The summed E-state index contributed by atoms with van der Waals surface area (Å²) in [5, 5.41) is 3.68. The number of nitrogens with one attached hydrogen (secondary N) is 1. The van der Waals surface area contributed by atoms with Gasteiger partial charge in [-0.1, -0.05) is 28.9 Å². The Balaban J connectivity index is 1.63. The standard InChI is InChI=1S/C13H20BrN/c1-8(14)7-15-13-6-9-5-12(13)11-4-2-3-10(9)11/h9-13,15H,1-7H2. The molecule has 0 aromatic rings. The predicted molar refractivity (Wildman–Crippen MR) is 66.9 cm³/mol. The van der Waals surface area contributed by atoms with Gasteiger partial charge in [0.25, 0.3) is 0 Å². The lowest BCUT2D eigenvalue weighted by atomic mass is 9.79. The van der Waals surface area contributed by atoms with E-state index in [2.05, 4.69) is 27.8 Å². The summed E-state index contributed by atoms with van der Waals surface area (Å²) in [6.07, 6.45) is 7.50. The Morgan fingerprint density at radius 2 is 2.00 bits per heavy atom. The molecule has 3 aliphatic rings. The Kier molecular flexibility index (Phi) is 2.68. The summed E-state index contributed by atoms with van der Waals surface area (Å²) in [6, 6.07) is 0.795. The average molecular weight is 270 g/mol. The zero-order valence-electron chi connectivity index (χ0n) is 9.21. The maximum absolute atomic E-state index is 3.90. The molecule has 3 saturated carbocycles. The fraction of sp³-hybridized carbons (Fsp3) is 0.846. The third kappa shape index (κ3) is 1.70. The quantitative estimate of drug-likeness (QED) is 0.829. The Morgan fingerprint density at radius 3 is 2.80 bits per heavy atom. The SMILES string of the molecule is C=C(Br)CNC1CC2CC1C1CCCC21. The van der Waals surface area contributed by atoms with Crippen molar-refractivity contribution in [3.63, 3.8) is 0 Å².